The topological polar surface area (TPSA) is 57.5 Å². The van der Waals surface area contributed by atoms with Gasteiger partial charge in [0.25, 0.3) is 0 Å². The first-order valence-electron chi connectivity index (χ1n) is 4.22. The van der Waals surface area contributed by atoms with Gasteiger partial charge < -0.3 is 10.2 Å². The molecule has 2 N–H and O–H groups in total. The van der Waals surface area contributed by atoms with Gasteiger partial charge in [0.2, 0.25) is 0 Å². The molecule has 0 spiro atoms. The van der Waals surface area contributed by atoms with E-state index in [-0.39, 0.29) is 6.61 Å². The molecule has 0 aliphatic heterocycles. The lowest BCUT2D eigenvalue weighted by atomic mass is 10.1. The highest BCUT2D eigenvalue weighted by Crippen LogP contribution is 2.04. The summed E-state index contributed by atoms with van der Waals surface area (Å²) in [4.78, 5) is 10.4. The Labute approximate surface area is 83.3 Å². The predicted octanol–water partition coefficient (Wildman–Crippen LogP) is 2.03. The van der Waals surface area contributed by atoms with Gasteiger partial charge in [-0.25, -0.2) is 4.79 Å². The second kappa shape index (κ2) is 6.86. The first-order chi connectivity index (χ1) is 6.65. The molecule has 0 radical (unpaired) electrons. The number of aliphatic hydroxyl groups is 1. The average molecular weight is 194 g/mol. The van der Waals surface area contributed by atoms with Crippen molar-refractivity contribution in [3.63, 3.8) is 0 Å². The maximum absolute atomic E-state index is 10.4. The van der Waals surface area contributed by atoms with E-state index in [9.17, 15) is 4.79 Å². The smallest absolute Gasteiger partial charge is 0.335 e. The Hall–Kier alpha value is -1.61. The molecule has 14 heavy (non-hydrogen) atoms. The molecule has 3 heteroatoms. The average Bonchev–Trinajstić information content (AvgIpc) is 2.19. The van der Waals surface area contributed by atoms with Crippen LogP contribution in [0.3, 0.4) is 0 Å². The van der Waals surface area contributed by atoms with E-state index in [0.29, 0.717) is 5.56 Å². The summed E-state index contributed by atoms with van der Waals surface area (Å²) >= 11 is 0. The van der Waals surface area contributed by atoms with Gasteiger partial charge >= 0.3 is 5.97 Å². The third-order valence-corrected chi connectivity index (χ3v) is 1.39. The zero-order chi connectivity index (χ0) is 11.0. The number of carbonyl (C=O) groups is 1. The van der Waals surface area contributed by atoms with E-state index in [0.717, 1.165) is 5.56 Å². The Balaban J connectivity index is 0.000000500. The number of benzene rings is 1. The molecule has 0 atom stereocenters. The first kappa shape index (κ1) is 12.4. The lowest BCUT2D eigenvalue weighted by molar-refractivity contribution is 0.0697. The number of hydrogen-bond acceptors (Lipinski definition) is 2. The van der Waals surface area contributed by atoms with Crippen LogP contribution in [0.4, 0.5) is 0 Å². The van der Waals surface area contributed by atoms with E-state index in [1.807, 2.05) is 0 Å². The Morgan fingerprint density at radius 2 is 1.86 bits per heavy atom. The van der Waals surface area contributed by atoms with E-state index in [2.05, 4.69) is 6.58 Å². The normalized spacial score (nSPS) is 8.43. The Bertz CT molecular complexity index is 288. The van der Waals surface area contributed by atoms with Crippen LogP contribution >= 0.6 is 0 Å². The quantitative estimate of drug-likeness (QED) is 0.757. The summed E-state index contributed by atoms with van der Waals surface area (Å²) in [6.07, 6.45) is 1.67. The zero-order valence-corrected chi connectivity index (χ0v) is 8.10. The Morgan fingerprint density at radius 1 is 1.43 bits per heavy atom. The monoisotopic (exact) mass is 194 g/mol. The standard InChI is InChI=1S/C9H8O2.C2H6O/c1-2-7-3-5-8(6-4-7)9(10)11;1-2-3/h2-6H,1H2,(H,10,11);3H,2H2,1H3. The molecule has 0 heterocycles. The number of carboxylic acids is 1. The zero-order valence-electron chi connectivity index (χ0n) is 8.10. The van der Waals surface area contributed by atoms with Crippen molar-refractivity contribution < 1.29 is 15.0 Å². The lowest BCUT2D eigenvalue weighted by Crippen LogP contribution is -1.94. The fraction of sp³-hybridized carbons (Fsp3) is 0.182. The molecular formula is C11H14O3. The molecule has 0 aliphatic carbocycles. The summed E-state index contributed by atoms with van der Waals surface area (Å²) in [7, 11) is 0. The van der Waals surface area contributed by atoms with Gasteiger partial charge in [0.05, 0.1) is 5.56 Å². The van der Waals surface area contributed by atoms with Crippen LogP contribution in [0.2, 0.25) is 0 Å². The van der Waals surface area contributed by atoms with Crippen molar-refractivity contribution in [2.75, 3.05) is 6.61 Å². The predicted molar refractivity (Wildman–Crippen MR) is 56.3 cm³/mol. The van der Waals surface area contributed by atoms with Crippen molar-refractivity contribution >= 4 is 12.0 Å². The van der Waals surface area contributed by atoms with Crippen molar-refractivity contribution in [1.29, 1.82) is 0 Å². The van der Waals surface area contributed by atoms with Gasteiger partial charge in [0, 0.05) is 6.61 Å². The maximum atomic E-state index is 10.4. The summed E-state index contributed by atoms with van der Waals surface area (Å²) in [5, 5.41) is 16.1. The van der Waals surface area contributed by atoms with Gasteiger partial charge in [-0.2, -0.15) is 0 Å². The van der Waals surface area contributed by atoms with Crippen LogP contribution in [0.1, 0.15) is 22.8 Å². The molecule has 0 fully saturated rings. The summed E-state index contributed by atoms with van der Waals surface area (Å²) in [6.45, 7) is 5.49. The first-order valence-corrected chi connectivity index (χ1v) is 4.22. The molecule has 0 saturated carbocycles. The van der Waals surface area contributed by atoms with E-state index in [1.54, 1.807) is 37.3 Å². The molecular weight excluding hydrogens is 180 g/mol. The third kappa shape index (κ3) is 4.42. The SMILES string of the molecule is C=Cc1ccc(C(=O)O)cc1.CCO. The van der Waals surface area contributed by atoms with Crippen molar-refractivity contribution in [3.05, 3.63) is 42.0 Å². The Kier molecular flexibility index (Phi) is 6.07. The van der Waals surface area contributed by atoms with Crippen LogP contribution in [0.5, 0.6) is 0 Å². The minimum absolute atomic E-state index is 0.250. The third-order valence-electron chi connectivity index (χ3n) is 1.39. The molecule has 1 aromatic carbocycles. The number of aromatic carboxylic acids is 1. The largest absolute Gasteiger partial charge is 0.478 e. The summed E-state index contributed by atoms with van der Waals surface area (Å²) in [5.41, 5.74) is 1.23. The summed E-state index contributed by atoms with van der Waals surface area (Å²) in [5.74, 6) is -0.902. The molecule has 0 saturated heterocycles. The maximum Gasteiger partial charge on any atom is 0.335 e. The fourth-order valence-electron chi connectivity index (χ4n) is 0.762. The summed E-state index contributed by atoms with van der Waals surface area (Å²) < 4.78 is 0. The van der Waals surface area contributed by atoms with Crippen LogP contribution < -0.4 is 0 Å². The van der Waals surface area contributed by atoms with Crippen LogP contribution in [0, 0.1) is 0 Å². The molecule has 0 bridgehead atoms. The van der Waals surface area contributed by atoms with Gasteiger partial charge in [-0.1, -0.05) is 24.8 Å². The van der Waals surface area contributed by atoms with Crippen molar-refractivity contribution in [2.45, 2.75) is 6.92 Å². The molecule has 3 nitrogen and oxygen atoms in total. The minimum atomic E-state index is -0.902. The summed E-state index contributed by atoms with van der Waals surface area (Å²) in [6, 6.07) is 6.55. The van der Waals surface area contributed by atoms with Crippen LogP contribution in [0.25, 0.3) is 6.08 Å². The van der Waals surface area contributed by atoms with Crippen molar-refractivity contribution in [1.82, 2.24) is 0 Å². The number of aliphatic hydroxyl groups excluding tert-OH is 1. The molecule has 76 valence electrons. The van der Waals surface area contributed by atoms with E-state index in [4.69, 9.17) is 10.2 Å². The molecule has 0 unspecified atom stereocenters. The molecule has 0 aliphatic rings. The number of hydrogen-bond donors (Lipinski definition) is 2. The molecule has 0 aromatic heterocycles. The van der Waals surface area contributed by atoms with Gasteiger partial charge in [-0.15, -0.1) is 0 Å². The highest BCUT2D eigenvalue weighted by Gasteiger charge is 1.99. The number of carboxylic acid groups (broad SMARTS) is 1. The van der Waals surface area contributed by atoms with Crippen LogP contribution in [-0.2, 0) is 0 Å². The molecule has 1 aromatic rings. The minimum Gasteiger partial charge on any atom is -0.478 e. The van der Waals surface area contributed by atoms with Gasteiger partial charge in [0.15, 0.2) is 0 Å². The van der Waals surface area contributed by atoms with Crippen molar-refractivity contribution in [2.24, 2.45) is 0 Å². The van der Waals surface area contributed by atoms with E-state index in [1.165, 1.54) is 0 Å². The second-order valence-electron chi connectivity index (χ2n) is 2.45. The molecule has 0 amide bonds. The Morgan fingerprint density at radius 3 is 2.14 bits per heavy atom. The van der Waals surface area contributed by atoms with E-state index >= 15 is 0 Å². The van der Waals surface area contributed by atoms with E-state index < -0.39 is 5.97 Å². The number of rotatable bonds is 2. The molecule has 1 rings (SSSR count). The second-order valence-corrected chi connectivity index (χ2v) is 2.45. The fourth-order valence-corrected chi connectivity index (χ4v) is 0.762. The highest BCUT2D eigenvalue weighted by molar-refractivity contribution is 5.87. The van der Waals surface area contributed by atoms with Crippen LogP contribution in [-0.4, -0.2) is 22.8 Å². The van der Waals surface area contributed by atoms with Gasteiger partial charge in [0.1, 0.15) is 0 Å². The van der Waals surface area contributed by atoms with Crippen LogP contribution in [0.15, 0.2) is 30.8 Å². The van der Waals surface area contributed by atoms with Gasteiger partial charge in [-0.05, 0) is 24.6 Å². The lowest BCUT2D eigenvalue weighted by Gasteiger charge is -1.93. The van der Waals surface area contributed by atoms with Gasteiger partial charge in [-0.3, -0.25) is 0 Å². The highest BCUT2D eigenvalue weighted by atomic mass is 16.4. The van der Waals surface area contributed by atoms with Crippen molar-refractivity contribution in [3.8, 4) is 0 Å².